The van der Waals surface area contributed by atoms with Gasteiger partial charge in [0.1, 0.15) is 5.75 Å². The van der Waals surface area contributed by atoms with Crippen LogP contribution in [0.25, 0.3) is 0 Å². The van der Waals surface area contributed by atoms with Crippen molar-refractivity contribution in [3.63, 3.8) is 0 Å². The fourth-order valence-corrected chi connectivity index (χ4v) is 5.31. The maximum absolute atomic E-state index is 6.02. The van der Waals surface area contributed by atoms with Crippen LogP contribution in [0.1, 0.15) is 60.6 Å². The molecule has 2 aromatic carbocycles. The normalized spacial score (nSPS) is 24.3. The third-order valence-electron chi connectivity index (χ3n) is 6.57. The van der Waals surface area contributed by atoms with Crippen molar-refractivity contribution in [1.29, 1.82) is 0 Å². The van der Waals surface area contributed by atoms with Crippen molar-refractivity contribution >= 4 is 0 Å². The number of benzene rings is 2. The maximum atomic E-state index is 6.02. The third-order valence-corrected chi connectivity index (χ3v) is 6.57. The second-order valence-corrected chi connectivity index (χ2v) is 8.62. The van der Waals surface area contributed by atoms with Crippen LogP contribution < -0.4 is 4.74 Å². The summed E-state index contributed by atoms with van der Waals surface area (Å²) in [5.41, 5.74) is 4.69. The lowest BCUT2D eigenvalue weighted by Crippen LogP contribution is -2.30. The smallest absolute Gasteiger partial charge is 0.119 e. The van der Waals surface area contributed by atoms with E-state index in [1.54, 1.807) is 11.1 Å². The summed E-state index contributed by atoms with van der Waals surface area (Å²) in [5.74, 6) is 3.33. The first kappa shape index (κ1) is 18.6. The standard InChI is InChI=1S/C25H33NO/c1-26(2)16-7-17-27-21-13-15-23-20(18-21)12-14-25-22(10-6-11-24(23)25)19-8-4-3-5-9-19/h3-5,8-9,13,15,18,22,24-25H,6-7,10-12,14,16-17H2,1-2H3/t22-,24-,25-/m1/s1. The quantitative estimate of drug-likeness (QED) is 0.617. The topological polar surface area (TPSA) is 12.5 Å². The van der Waals surface area contributed by atoms with Crippen LogP contribution >= 0.6 is 0 Å². The molecule has 2 nitrogen and oxygen atoms in total. The van der Waals surface area contributed by atoms with Crippen molar-refractivity contribution in [3.05, 3.63) is 65.2 Å². The summed E-state index contributed by atoms with van der Waals surface area (Å²) in [6.07, 6.45) is 7.66. The molecule has 0 amide bonds. The summed E-state index contributed by atoms with van der Waals surface area (Å²) >= 11 is 0. The van der Waals surface area contributed by atoms with E-state index in [0.717, 1.165) is 43.1 Å². The van der Waals surface area contributed by atoms with Gasteiger partial charge >= 0.3 is 0 Å². The Labute approximate surface area is 164 Å². The first-order chi connectivity index (χ1) is 13.2. The van der Waals surface area contributed by atoms with Gasteiger partial charge in [0.25, 0.3) is 0 Å². The van der Waals surface area contributed by atoms with E-state index in [9.17, 15) is 0 Å². The van der Waals surface area contributed by atoms with E-state index in [1.807, 2.05) is 0 Å². The van der Waals surface area contributed by atoms with Crippen LogP contribution in [-0.2, 0) is 6.42 Å². The van der Waals surface area contributed by atoms with Gasteiger partial charge in [0.05, 0.1) is 6.61 Å². The Bertz CT molecular complexity index is 739. The second-order valence-electron chi connectivity index (χ2n) is 8.62. The Hall–Kier alpha value is -1.80. The van der Waals surface area contributed by atoms with Crippen molar-refractivity contribution < 1.29 is 4.74 Å². The zero-order valence-electron chi connectivity index (χ0n) is 16.9. The van der Waals surface area contributed by atoms with Crippen molar-refractivity contribution in [3.8, 4) is 5.75 Å². The average Bonchev–Trinajstić information content (AvgIpc) is 2.71. The highest BCUT2D eigenvalue weighted by Gasteiger charge is 2.38. The van der Waals surface area contributed by atoms with Crippen molar-refractivity contribution in [2.45, 2.75) is 50.4 Å². The van der Waals surface area contributed by atoms with Gasteiger partial charge in [-0.25, -0.2) is 0 Å². The van der Waals surface area contributed by atoms with E-state index in [2.05, 4.69) is 67.5 Å². The zero-order valence-corrected chi connectivity index (χ0v) is 16.9. The molecule has 0 aromatic heterocycles. The molecule has 0 bridgehead atoms. The lowest BCUT2D eigenvalue weighted by molar-refractivity contribution is 0.235. The first-order valence-electron chi connectivity index (χ1n) is 10.7. The minimum absolute atomic E-state index is 0.732. The zero-order chi connectivity index (χ0) is 18.6. The van der Waals surface area contributed by atoms with Gasteiger partial charge in [-0.3, -0.25) is 0 Å². The SMILES string of the molecule is CN(C)CCCOc1ccc2c(c1)CC[C@@H]1[C@@H](c3ccccc3)CCC[C@H]21. The lowest BCUT2D eigenvalue weighted by atomic mass is 9.62. The molecule has 4 rings (SSSR count). The predicted octanol–water partition coefficient (Wildman–Crippen LogP) is 5.63. The largest absolute Gasteiger partial charge is 0.494 e. The van der Waals surface area contributed by atoms with Gasteiger partial charge in [-0.2, -0.15) is 0 Å². The molecule has 1 fully saturated rings. The van der Waals surface area contributed by atoms with Crippen LogP contribution in [0.2, 0.25) is 0 Å². The fraction of sp³-hybridized carbons (Fsp3) is 0.520. The molecule has 2 aromatic rings. The molecular formula is C25H33NO. The number of fused-ring (bicyclic) bond motifs is 3. The van der Waals surface area contributed by atoms with Gasteiger partial charge in [-0.05, 0) is 92.8 Å². The maximum Gasteiger partial charge on any atom is 0.119 e. The number of ether oxygens (including phenoxy) is 1. The van der Waals surface area contributed by atoms with Crippen LogP contribution in [0.5, 0.6) is 5.75 Å². The van der Waals surface area contributed by atoms with Crippen LogP contribution in [0.4, 0.5) is 0 Å². The monoisotopic (exact) mass is 363 g/mol. The number of rotatable bonds is 6. The molecule has 3 atom stereocenters. The van der Waals surface area contributed by atoms with Crippen molar-refractivity contribution in [2.75, 3.05) is 27.2 Å². The molecule has 0 heterocycles. The Morgan fingerprint density at radius 3 is 2.59 bits per heavy atom. The Balaban J connectivity index is 1.47. The molecule has 0 unspecified atom stereocenters. The Morgan fingerprint density at radius 2 is 1.78 bits per heavy atom. The highest BCUT2D eigenvalue weighted by molar-refractivity contribution is 5.41. The summed E-state index contributed by atoms with van der Waals surface area (Å²) in [7, 11) is 4.23. The second kappa shape index (κ2) is 8.48. The summed E-state index contributed by atoms with van der Waals surface area (Å²) in [6.45, 7) is 1.88. The molecule has 2 aliphatic carbocycles. The van der Waals surface area contributed by atoms with Gasteiger partial charge in [0.15, 0.2) is 0 Å². The molecule has 27 heavy (non-hydrogen) atoms. The highest BCUT2D eigenvalue weighted by Crippen LogP contribution is 2.51. The Kier molecular flexibility index (Phi) is 5.83. The Morgan fingerprint density at radius 1 is 0.963 bits per heavy atom. The van der Waals surface area contributed by atoms with Crippen molar-refractivity contribution in [2.24, 2.45) is 5.92 Å². The summed E-state index contributed by atoms with van der Waals surface area (Å²) in [5, 5.41) is 0. The number of aryl methyl sites for hydroxylation is 1. The van der Waals surface area contributed by atoms with Crippen LogP contribution in [0, 0.1) is 5.92 Å². The molecule has 0 saturated heterocycles. The summed E-state index contributed by atoms with van der Waals surface area (Å²) in [4.78, 5) is 2.21. The molecule has 2 aliphatic rings. The summed E-state index contributed by atoms with van der Waals surface area (Å²) in [6, 6.07) is 18.1. The van der Waals surface area contributed by atoms with Crippen LogP contribution in [-0.4, -0.2) is 32.1 Å². The minimum Gasteiger partial charge on any atom is -0.494 e. The highest BCUT2D eigenvalue weighted by atomic mass is 16.5. The number of hydrogen-bond donors (Lipinski definition) is 0. The average molecular weight is 364 g/mol. The van der Waals surface area contributed by atoms with Gasteiger partial charge in [0, 0.05) is 6.54 Å². The molecule has 0 N–H and O–H groups in total. The molecule has 2 heteroatoms. The van der Waals surface area contributed by atoms with Crippen molar-refractivity contribution in [1.82, 2.24) is 4.90 Å². The lowest BCUT2D eigenvalue weighted by Gasteiger charge is -2.43. The van der Waals surface area contributed by atoms with E-state index in [4.69, 9.17) is 4.74 Å². The predicted molar refractivity (Wildman–Crippen MR) is 113 cm³/mol. The van der Waals surface area contributed by atoms with E-state index in [0.29, 0.717) is 0 Å². The van der Waals surface area contributed by atoms with E-state index in [-0.39, 0.29) is 0 Å². The molecule has 0 radical (unpaired) electrons. The molecule has 1 saturated carbocycles. The van der Waals surface area contributed by atoms with Gasteiger partial charge < -0.3 is 9.64 Å². The van der Waals surface area contributed by atoms with Gasteiger partial charge in [-0.15, -0.1) is 0 Å². The van der Waals surface area contributed by atoms with E-state index in [1.165, 1.54) is 37.7 Å². The van der Waals surface area contributed by atoms with Crippen LogP contribution in [0.15, 0.2) is 48.5 Å². The molecule has 0 spiro atoms. The van der Waals surface area contributed by atoms with Gasteiger partial charge in [0.2, 0.25) is 0 Å². The van der Waals surface area contributed by atoms with E-state index >= 15 is 0 Å². The third kappa shape index (κ3) is 4.21. The van der Waals surface area contributed by atoms with Gasteiger partial charge in [-0.1, -0.05) is 42.8 Å². The number of nitrogens with zero attached hydrogens (tertiary/aromatic N) is 1. The number of hydrogen-bond acceptors (Lipinski definition) is 2. The fourth-order valence-electron chi connectivity index (χ4n) is 5.31. The molecule has 144 valence electrons. The molecule has 0 aliphatic heterocycles. The van der Waals surface area contributed by atoms with E-state index < -0.39 is 0 Å². The minimum atomic E-state index is 0.732. The first-order valence-corrected chi connectivity index (χ1v) is 10.7. The summed E-state index contributed by atoms with van der Waals surface area (Å²) < 4.78 is 6.02. The van der Waals surface area contributed by atoms with Crippen LogP contribution in [0.3, 0.4) is 0 Å². The molecular weight excluding hydrogens is 330 g/mol.